The zero-order chi connectivity index (χ0) is 13.1. The molecule has 18 heavy (non-hydrogen) atoms. The Hall–Kier alpha value is -1.18. The van der Waals surface area contributed by atoms with E-state index < -0.39 is 0 Å². The third kappa shape index (κ3) is 2.33. The average molecular weight is 306 g/mol. The van der Waals surface area contributed by atoms with E-state index in [1.807, 2.05) is 43.0 Å². The van der Waals surface area contributed by atoms with E-state index in [4.69, 9.17) is 0 Å². The van der Waals surface area contributed by atoms with Crippen molar-refractivity contribution in [3.05, 3.63) is 41.5 Å². The zero-order valence-electron chi connectivity index (χ0n) is 10.7. The van der Waals surface area contributed by atoms with Crippen LogP contribution >= 0.6 is 0 Å². The number of rotatable bonds is 3. The molecule has 0 aromatic heterocycles. The van der Waals surface area contributed by atoms with Crippen LogP contribution in [-0.4, -0.2) is 43.9 Å². The van der Waals surface area contributed by atoms with Gasteiger partial charge in [-0.1, -0.05) is 0 Å². The number of nitrogens with zero attached hydrogens (tertiary/aromatic N) is 1. The standard InChI is InChI=1S/C15H17NOSe/c1-3-16(4-2)15(17)14-12-8-6-5-7-11(12)9-10-13(14)18/h5-10,14H,3-4H2,1-2H3. The Morgan fingerprint density at radius 3 is 2.56 bits per heavy atom. The number of hydrogen-bond acceptors (Lipinski definition) is 1. The molecule has 1 amide bonds. The van der Waals surface area contributed by atoms with E-state index >= 15 is 0 Å². The van der Waals surface area contributed by atoms with Gasteiger partial charge in [0.05, 0.1) is 0 Å². The van der Waals surface area contributed by atoms with E-state index in [-0.39, 0.29) is 11.8 Å². The van der Waals surface area contributed by atoms with Gasteiger partial charge in [-0.25, -0.2) is 0 Å². The summed E-state index contributed by atoms with van der Waals surface area (Å²) in [5.74, 6) is 0.0247. The quantitative estimate of drug-likeness (QED) is 0.782. The Morgan fingerprint density at radius 1 is 1.22 bits per heavy atom. The molecule has 0 fully saturated rings. The number of fused-ring (bicyclic) bond motifs is 1. The molecule has 0 N–H and O–H groups in total. The van der Waals surface area contributed by atoms with Gasteiger partial charge in [0.25, 0.3) is 0 Å². The molecule has 0 heterocycles. The second-order valence-electron chi connectivity index (χ2n) is 4.31. The second-order valence-corrected chi connectivity index (χ2v) is 5.30. The Kier molecular flexibility index (Phi) is 4.15. The van der Waals surface area contributed by atoms with Gasteiger partial charge in [0.1, 0.15) is 0 Å². The van der Waals surface area contributed by atoms with Crippen molar-refractivity contribution in [2.75, 3.05) is 13.1 Å². The van der Waals surface area contributed by atoms with Gasteiger partial charge < -0.3 is 0 Å². The number of carbonyl (C=O) groups excluding carboxylic acids is 1. The Morgan fingerprint density at radius 2 is 1.89 bits per heavy atom. The van der Waals surface area contributed by atoms with Crippen molar-refractivity contribution in [2.24, 2.45) is 0 Å². The van der Waals surface area contributed by atoms with Crippen LogP contribution < -0.4 is 0 Å². The predicted octanol–water partition coefficient (Wildman–Crippen LogP) is 2.01. The number of benzene rings is 1. The fourth-order valence-electron chi connectivity index (χ4n) is 2.32. The first kappa shape index (κ1) is 13.3. The van der Waals surface area contributed by atoms with Crippen molar-refractivity contribution < 1.29 is 4.79 Å². The third-order valence-corrected chi connectivity index (χ3v) is 4.12. The number of amides is 1. The molecule has 94 valence electrons. The molecule has 1 aliphatic carbocycles. The SMILES string of the molecule is CCN(CC)C(=O)C1C(=[Se])C=Cc2ccccc21. The first-order valence-corrected chi connectivity index (χ1v) is 7.14. The molecule has 1 aromatic carbocycles. The number of hydrogen-bond donors (Lipinski definition) is 0. The number of allylic oxidation sites excluding steroid dienone is 1. The molecule has 0 saturated carbocycles. The minimum atomic E-state index is -0.161. The summed E-state index contributed by atoms with van der Waals surface area (Å²) in [4.78, 5) is 14.5. The van der Waals surface area contributed by atoms with Crippen LogP contribution in [0.25, 0.3) is 6.08 Å². The van der Waals surface area contributed by atoms with Crippen molar-refractivity contribution in [1.82, 2.24) is 4.90 Å². The van der Waals surface area contributed by atoms with Gasteiger partial charge in [0.2, 0.25) is 0 Å². The first-order valence-electron chi connectivity index (χ1n) is 6.28. The van der Waals surface area contributed by atoms with Gasteiger partial charge >= 0.3 is 116 Å². The maximum absolute atomic E-state index is 12.6. The molecule has 1 aliphatic rings. The van der Waals surface area contributed by atoms with Crippen LogP contribution in [0.5, 0.6) is 0 Å². The molecule has 2 nitrogen and oxygen atoms in total. The summed E-state index contributed by atoms with van der Waals surface area (Å²) in [6.07, 6.45) is 4.07. The third-order valence-electron chi connectivity index (χ3n) is 3.34. The van der Waals surface area contributed by atoms with Crippen molar-refractivity contribution in [1.29, 1.82) is 0 Å². The maximum atomic E-state index is 12.6. The normalized spacial score (nSPS) is 17.4. The van der Waals surface area contributed by atoms with E-state index in [1.54, 1.807) is 0 Å². The minimum absolute atomic E-state index is 0.161. The molecule has 2 rings (SSSR count). The molecule has 0 saturated heterocycles. The monoisotopic (exact) mass is 307 g/mol. The van der Waals surface area contributed by atoms with Gasteiger partial charge in [-0.3, -0.25) is 0 Å². The average Bonchev–Trinajstić information content (AvgIpc) is 2.39. The summed E-state index contributed by atoms with van der Waals surface area (Å²) < 4.78 is 1.01. The zero-order valence-corrected chi connectivity index (χ0v) is 12.4. The first-order chi connectivity index (χ1) is 8.69. The van der Waals surface area contributed by atoms with Crippen LogP contribution in [0.4, 0.5) is 0 Å². The second kappa shape index (κ2) is 5.64. The molecule has 0 radical (unpaired) electrons. The van der Waals surface area contributed by atoms with Crippen molar-refractivity contribution >= 4 is 32.0 Å². The van der Waals surface area contributed by atoms with E-state index in [0.717, 1.165) is 28.6 Å². The molecule has 1 unspecified atom stereocenters. The van der Waals surface area contributed by atoms with Crippen LogP contribution in [0, 0.1) is 0 Å². The summed E-state index contributed by atoms with van der Waals surface area (Å²) in [7, 11) is 0. The summed E-state index contributed by atoms with van der Waals surface area (Å²) in [5, 5.41) is 0. The molecule has 3 heteroatoms. The van der Waals surface area contributed by atoms with E-state index in [0.29, 0.717) is 0 Å². The summed E-state index contributed by atoms with van der Waals surface area (Å²) in [6, 6.07) is 8.10. The van der Waals surface area contributed by atoms with Gasteiger partial charge in [-0.05, 0) is 0 Å². The van der Waals surface area contributed by atoms with Crippen molar-refractivity contribution in [2.45, 2.75) is 19.8 Å². The van der Waals surface area contributed by atoms with Crippen molar-refractivity contribution in [3.8, 4) is 0 Å². The van der Waals surface area contributed by atoms with E-state index in [1.165, 1.54) is 0 Å². The van der Waals surface area contributed by atoms with Gasteiger partial charge in [0.15, 0.2) is 0 Å². The molecule has 0 spiro atoms. The number of likely N-dealkylation sites (N-methyl/N-ethyl adjacent to an activating group) is 1. The fourth-order valence-corrected chi connectivity index (χ4v) is 2.94. The van der Waals surface area contributed by atoms with Crippen LogP contribution in [0.15, 0.2) is 30.3 Å². The van der Waals surface area contributed by atoms with Crippen LogP contribution in [0.3, 0.4) is 0 Å². The van der Waals surface area contributed by atoms with E-state index in [9.17, 15) is 4.79 Å². The van der Waals surface area contributed by atoms with E-state index in [2.05, 4.69) is 27.7 Å². The van der Waals surface area contributed by atoms with Crippen LogP contribution in [-0.2, 0) is 4.79 Å². The molecule has 0 aliphatic heterocycles. The van der Waals surface area contributed by atoms with Gasteiger partial charge in [0, 0.05) is 0 Å². The summed E-state index contributed by atoms with van der Waals surface area (Å²) in [5.41, 5.74) is 2.24. The van der Waals surface area contributed by atoms with Gasteiger partial charge in [-0.15, -0.1) is 0 Å². The predicted molar refractivity (Wildman–Crippen MR) is 76.9 cm³/mol. The molecular weight excluding hydrogens is 289 g/mol. The topological polar surface area (TPSA) is 20.3 Å². The fraction of sp³-hybridized carbons (Fsp3) is 0.333. The molecule has 0 bridgehead atoms. The Bertz CT molecular complexity index is 503. The molecule has 1 aromatic rings. The number of carbonyl (C=O) groups is 1. The molecule has 1 atom stereocenters. The summed E-state index contributed by atoms with van der Waals surface area (Å²) in [6.45, 7) is 5.55. The molecular formula is C15H17NOSe. The Balaban J connectivity index is 2.41. The van der Waals surface area contributed by atoms with Crippen LogP contribution in [0.1, 0.15) is 30.9 Å². The summed E-state index contributed by atoms with van der Waals surface area (Å²) >= 11 is 3.04. The van der Waals surface area contributed by atoms with Gasteiger partial charge in [-0.2, -0.15) is 0 Å². The Labute approximate surface area is 116 Å². The van der Waals surface area contributed by atoms with Crippen LogP contribution in [0.2, 0.25) is 0 Å². The van der Waals surface area contributed by atoms with Crippen molar-refractivity contribution in [3.63, 3.8) is 0 Å².